The van der Waals surface area contributed by atoms with Crippen LogP contribution in [0.25, 0.3) is 0 Å². The van der Waals surface area contributed by atoms with Gasteiger partial charge in [0, 0.05) is 19.1 Å². The third kappa shape index (κ3) is 3.84. The van der Waals surface area contributed by atoms with E-state index in [2.05, 4.69) is 11.9 Å². The second-order valence-corrected chi connectivity index (χ2v) is 1.83. The van der Waals surface area contributed by atoms with Crippen molar-refractivity contribution in [2.24, 2.45) is 5.73 Å². The summed E-state index contributed by atoms with van der Waals surface area (Å²) in [5.74, 6) is 0. The van der Waals surface area contributed by atoms with E-state index in [1.165, 1.54) is 0 Å². The highest BCUT2D eigenvalue weighted by Gasteiger charge is 1.91. The average molecular weight is 114 g/mol. The lowest BCUT2D eigenvalue weighted by atomic mass is 10.3. The summed E-state index contributed by atoms with van der Waals surface area (Å²) in [6.45, 7) is 7.14. The van der Waals surface area contributed by atoms with E-state index < -0.39 is 0 Å². The molecule has 0 aromatic carbocycles. The molecule has 0 spiro atoms. The quantitative estimate of drug-likeness (QED) is 0.509. The van der Waals surface area contributed by atoms with Crippen LogP contribution < -0.4 is 11.1 Å². The highest BCUT2D eigenvalue weighted by Crippen LogP contribution is 1.72. The normalized spacial score (nSPS) is 13.2. The molecular weight excluding hydrogens is 100 g/mol. The number of nitrogens with two attached hydrogens (primary N) is 1. The second-order valence-electron chi connectivity index (χ2n) is 1.83. The maximum atomic E-state index is 5.32. The van der Waals surface area contributed by atoms with Crippen LogP contribution in [-0.2, 0) is 0 Å². The Balaban J connectivity index is 2.97. The molecule has 48 valence electrons. The van der Waals surface area contributed by atoms with E-state index in [4.69, 9.17) is 5.73 Å². The molecule has 0 fully saturated rings. The molecule has 3 N–H and O–H groups in total. The van der Waals surface area contributed by atoms with Gasteiger partial charge in [-0.15, -0.1) is 6.58 Å². The van der Waals surface area contributed by atoms with Gasteiger partial charge in [-0.05, 0) is 6.92 Å². The van der Waals surface area contributed by atoms with Crippen LogP contribution >= 0.6 is 0 Å². The predicted molar refractivity (Wildman–Crippen MR) is 36.7 cm³/mol. The lowest BCUT2D eigenvalue weighted by molar-refractivity contribution is 0.593. The number of nitrogens with one attached hydrogen (secondary N) is 1. The lowest BCUT2D eigenvalue weighted by Crippen LogP contribution is -2.32. The first kappa shape index (κ1) is 7.66. The smallest absolute Gasteiger partial charge is 0.0164 e. The largest absolute Gasteiger partial charge is 0.329 e. The van der Waals surface area contributed by atoms with Crippen LogP contribution in [0.3, 0.4) is 0 Å². The molecule has 1 atom stereocenters. The van der Waals surface area contributed by atoms with Crippen LogP contribution in [0.15, 0.2) is 12.7 Å². The summed E-state index contributed by atoms with van der Waals surface area (Å²) in [5, 5.41) is 3.14. The van der Waals surface area contributed by atoms with Crippen LogP contribution in [0, 0.1) is 0 Å². The topological polar surface area (TPSA) is 38.0 Å². The van der Waals surface area contributed by atoms with Crippen molar-refractivity contribution in [3.05, 3.63) is 12.7 Å². The monoisotopic (exact) mass is 114 g/mol. The zero-order valence-corrected chi connectivity index (χ0v) is 5.35. The number of hydrogen-bond donors (Lipinski definition) is 2. The first-order valence-corrected chi connectivity index (χ1v) is 2.85. The van der Waals surface area contributed by atoms with Crippen LogP contribution in [0.5, 0.6) is 0 Å². The van der Waals surface area contributed by atoms with Crippen LogP contribution in [0.2, 0.25) is 0 Å². The van der Waals surface area contributed by atoms with Gasteiger partial charge in [0.2, 0.25) is 0 Å². The number of hydrogen-bond acceptors (Lipinski definition) is 2. The van der Waals surface area contributed by atoms with E-state index in [1.807, 2.05) is 13.0 Å². The maximum Gasteiger partial charge on any atom is 0.0164 e. The molecule has 0 rings (SSSR count). The van der Waals surface area contributed by atoms with Gasteiger partial charge in [0.15, 0.2) is 0 Å². The van der Waals surface area contributed by atoms with Gasteiger partial charge in [-0.3, -0.25) is 0 Å². The molecule has 0 heterocycles. The summed E-state index contributed by atoms with van der Waals surface area (Å²) < 4.78 is 0. The summed E-state index contributed by atoms with van der Waals surface area (Å²) in [6, 6.07) is 0.410. The molecule has 2 heteroatoms. The van der Waals surface area contributed by atoms with Gasteiger partial charge in [0.05, 0.1) is 0 Å². The molecule has 0 bridgehead atoms. The average Bonchev–Trinajstić information content (AvgIpc) is 1.83. The zero-order valence-electron chi connectivity index (χ0n) is 5.35. The highest BCUT2D eigenvalue weighted by molar-refractivity contribution is 4.72. The molecule has 2 nitrogen and oxygen atoms in total. The fourth-order valence-electron chi connectivity index (χ4n) is 0.368. The van der Waals surface area contributed by atoms with E-state index >= 15 is 0 Å². The van der Waals surface area contributed by atoms with E-state index in [0.29, 0.717) is 12.6 Å². The Bertz CT molecular complexity index is 61.5. The Hall–Kier alpha value is -0.340. The molecule has 0 amide bonds. The minimum atomic E-state index is 0.410. The zero-order chi connectivity index (χ0) is 6.41. The van der Waals surface area contributed by atoms with Gasteiger partial charge in [0.25, 0.3) is 0 Å². The van der Waals surface area contributed by atoms with Crippen molar-refractivity contribution in [2.75, 3.05) is 13.1 Å². The molecule has 0 saturated heterocycles. The van der Waals surface area contributed by atoms with Crippen LogP contribution in [0.1, 0.15) is 6.92 Å². The highest BCUT2D eigenvalue weighted by atomic mass is 14.9. The van der Waals surface area contributed by atoms with Crippen molar-refractivity contribution in [1.29, 1.82) is 0 Å². The van der Waals surface area contributed by atoms with E-state index in [1.54, 1.807) is 0 Å². The molecule has 1 unspecified atom stereocenters. The molecular formula is C6H14N2. The molecule has 0 saturated carbocycles. The van der Waals surface area contributed by atoms with E-state index in [9.17, 15) is 0 Å². The van der Waals surface area contributed by atoms with Gasteiger partial charge in [-0.1, -0.05) is 6.08 Å². The Morgan fingerprint density at radius 1 is 1.88 bits per heavy atom. The van der Waals surface area contributed by atoms with Gasteiger partial charge >= 0.3 is 0 Å². The third-order valence-electron chi connectivity index (χ3n) is 0.964. The first-order chi connectivity index (χ1) is 3.81. The number of rotatable bonds is 4. The second kappa shape index (κ2) is 4.81. The Morgan fingerprint density at radius 2 is 2.50 bits per heavy atom. The first-order valence-electron chi connectivity index (χ1n) is 2.85. The van der Waals surface area contributed by atoms with Crippen LogP contribution in [-0.4, -0.2) is 19.1 Å². The van der Waals surface area contributed by atoms with E-state index in [0.717, 1.165) is 6.54 Å². The van der Waals surface area contributed by atoms with Crippen LogP contribution in [0.4, 0.5) is 0 Å². The standard InChI is InChI=1S/C6H14N2/c1-3-4-8-6(2)5-7/h3,6,8H,1,4-5,7H2,2H3. The van der Waals surface area contributed by atoms with Gasteiger partial charge in [0.1, 0.15) is 0 Å². The van der Waals surface area contributed by atoms with Crippen molar-refractivity contribution in [3.8, 4) is 0 Å². The summed E-state index contributed by atoms with van der Waals surface area (Å²) in [7, 11) is 0. The minimum absolute atomic E-state index is 0.410. The Kier molecular flexibility index (Phi) is 4.61. The van der Waals surface area contributed by atoms with E-state index in [-0.39, 0.29) is 0 Å². The van der Waals surface area contributed by atoms with Crippen molar-refractivity contribution in [1.82, 2.24) is 5.32 Å². The summed E-state index contributed by atoms with van der Waals surface area (Å²) >= 11 is 0. The molecule has 0 aliphatic heterocycles. The van der Waals surface area contributed by atoms with Gasteiger partial charge < -0.3 is 11.1 Å². The fourth-order valence-corrected chi connectivity index (χ4v) is 0.368. The molecule has 0 aliphatic carbocycles. The fraction of sp³-hybridized carbons (Fsp3) is 0.667. The maximum absolute atomic E-state index is 5.32. The van der Waals surface area contributed by atoms with Crippen molar-refractivity contribution >= 4 is 0 Å². The molecule has 0 aromatic rings. The SMILES string of the molecule is C=CCNC(C)CN. The summed E-state index contributed by atoms with van der Waals surface area (Å²) in [5.41, 5.74) is 5.32. The van der Waals surface area contributed by atoms with Gasteiger partial charge in [-0.2, -0.15) is 0 Å². The molecule has 8 heavy (non-hydrogen) atoms. The third-order valence-corrected chi connectivity index (χ3v) is 0.964. The predicted octanol–water partition coefficient (Wildman–Crippen LogP) is 0.109. The molecule has 0 radical (unpaired) electrons. The summed E-state index contributed by atoms with van der Waals surface area (Å²) in [6.07, 6.45) is 1.83. The molecule has 0 aromatic heterocycles. The summed E-state index contributed by atoms with van der Waals surface area (Å²) in [4.78, 5) is 0. The Labute approximate surface area is 50.8 Å². The van der Waals surface area contributed by atoms with Gasteiger partial charge in [-0.25, -0.2) is 0 Å². The van der Waals surface area contributed by atoms with Crippen molar-refractivity contribution in [2.45, 2.75) is 13.0 Å². The molecule has 0 aliphatic rings. The lowest BCUT2D eigenvalue weighted by Gasteiger charge is -2.06. The Morgan fingerprint density at radius 3 is 2.88 bits per heavy atom. The van der Waals surface area contributed by atoms with Crippen molar-refractivity contribution in [3.63, 3.8) is 0 Å². The van der Waals surface area contributed by atoms with Crippen molar-refractivity contribution < 1.29 is 0 Å². The minimum Gasteiger partial charge on any atom is -0.329 e.